The van der Waals surface area contributed by atoms with Crippen LogP contribution in [0.25, 0.3) is 22.0 Å². The fourth-order valence-corrected chi connectivity index (χ4v) is 4.55. The summed E-state index contributed by atoms with van der Waals surface area (Å²) in [6.07, 6.45) is 8.39. The van der Waals surface area contributed by atoms with Gasteiger partial charge in [-0.15, -0.1) is 0 Å². The van der Waals surface area contributed by atoms with E-state index in [2.05, 4.69) is 44.6 Å². The van der Waals surface area contributed by atoms with Crippen LogP contribution in [0.15, 0.2) is 73.1 Å². The van der Waals surface area contributed by atoms with Crippen LogP contribution in [-0.2, 0) is 13.1 Å². The minimum atomic E-state index is -0.196. The second-order valence-corrected chi connectivity index (χ2v) is 8.31. The SMILES string of the molecule is O=C(NCc1cc(-c2ccncc2)n(C2CCCC2)n1)NCc1cccc2ccccc12. The first-order valence-corrected chi connectivity index (χ1v) is 11.2. The van der Waals surface area contributed by atoms with E-state index < -0.39 is 0 Å². The number of carbonyl (C=O) groups excluding carboxylic acids is 1. The van der Waals surface area contributed by atoms with E-state index in [0.29, 0.717) is 19.1 Å². The van der Waals surface area contributed by atoms with Gasteiger partial charge in [-0.2, -0.15) is 5.10 Å². The molecule has 0 unspecified atom stereocenters. The fourth-order valence-electron chi connectivity index (χ4n) is 4.55. The molecule has 0 radical (unpaired) electrons. The maximum atomic E-state index is 12.5. The van der Waals surface area contributed by atoms with E-state index in [1.54, 1.807) is 12.4 Å². The summed E-state index contributed by atoms with van der Waals surface area (Å²) < 4.78 is 2.15. The van der Waals surface area contributed by atoms with Crippen molar-refractivity contribution in [2.45, 2.75) is 44.8 Å². The molecule has 4 aromatic rings. The van der Waals surface area contributed by atoms with Crippen LogP contribution >= 0.6 is 0 Å². The van der Waals surface area contributed by atoms with Crippen molar-refractivity contribution >= 4 is 16.8 Å². The topological polar surface area (TPSA) is 71.8 Å². The monoisotopic (exact) mass is 425 g/mol. The molecule has 2 aromatic heterocycles. The maximum absolute atomic E-state index is 12.5. The molecular formula is C26H27N5O. The Morgan fingerprint density at radius 3 is 2.53 bits per heavy atom. The summed E-state index contributed by atoms with van der Waals surface area (Å²) in [4.78, 5) is 16.6. The Morgan fingerprint density at radius 1 is 0.938 bits per heavy atom. The Labute approximate surface area is 187 Å². The average molecular weight is 426 g/mol. The van der Waals surface area contributed by atoms with Gasteiger partial charge in [-0.3, -0.25) is 9.67 Å². The number of aromatic nitrogens is 3. The molecule has 1 aliphatic rings. The van der Waals surface area contributed by atoms with Crippen LogP contribution in [0.3, 0.4) is 0 Å². The van der Waals surface area contributed by atoms with Crippen LogP contribution in [0.2, 0.25) is 0 Å². The summed E-state index contributed by atoms with van der Waals surface area (Å²) in [7, 11) is 0. The minimum absolute atomic E-state index is 0.196. The van der Waals surface area contributed by atoms with Crippen molar-refractivity contribution in [1.29, 1.82) is 0 Å². The number of rotatable bonds is 6. The average Bonchev–Trinajstić information content (AvgIpc) is 3.52. The van der Waals surface area contributed by atoms with E-state index in [9.17, 15) is 4.79 Å². The van der Waals surface area contributed by atoms with Crippen molar-refractivity contribution in [2.24, 2.45) is 0 Å². The van der Waals surface area contributed by atoms with Crippen molar-refractivity contribution in [1.82, 2.24) is 25.4 Å². The molecule has 5 rings (SSSR count). The number of fused-ring (bicyclic) bond motifs is 1. The molecule has 162 valence electrons. The number of amides is 2. The van der Waals surface area contributed by atoms with Crippen LogP contribution in [0.5, 0.6) is 0 Å². The number of urea groups is 1. The van der Waals surface area contributed by atoms with E-state index in [4.69, 9.17) is 5.10 Å². The van der Waals surface area contributed by atoms with Crippen molar-refractivity contribution in [3.63, 3.8) is 0 Å². The second kappa shape index (κ2) is 9.22. The van der Waals surface area contributed by atoms with E-state index in [0.717, 1.165) is 40.7 Å². The van der Waals surface area contributed by atoms with Crippen LogP contribution in [-0.4, -0.2) is 20.8 Å². The molecular weight excluding hydrogens is 398 g/mol. The normalized spacial score (nSPS) is 14.0. The molecule has 32 heavy (non-hydrogen) atoms. The molecule has 0 aliphatic heterocycles. The van der Waals surface area contributed by atoms with Gasteiger partial charge in [0.1, 0.15) is 0 Å². The number of hydrogen-bond acceptors (Lipinski definition) is 3. The molecule has 0 atom stereocenters. The Balaban J connectivity index is 1.25. The highest BCUT2D eigenvalue weighted by molar-refractivity contribution is 5.86. The van der Waals surface area contributed by atoms with Gasteiger partial charge in [-0.1, -0.05) is 55.3 Å². The van der Waals surface area contributed by atoms with Crippen LogP contribution < -0.4 is 10.6 Å². The van der Waals surface area contributed by atoms with Crippen LogP contribution in [0, 0.1) is 0 Å². The molecule has 0 spiro atoms. The summed E-state index contributed by atoms with van der Waals surface area (Å²) >= 11 is 0. The van der Waals surface area contributed by atoms with Crippen molar-refractivity contribution in [3.8, 4) is 11.3 Å². The first-order chi connectivity index (χ1) is 15.8. The van der Waals surface area contributed by atoms with E-state index in [-0.39, 0.29) is 6.03 Å². The van der Waals surface area contributed by atoms with Gasteiger partial charge in [-0.05, 0) is 47.4 Å². The smallest absolute Gasteiger partial charge is 0.315 e. The summed E-state index contributed by atoms with van der Waals surface area (Å²) in [5, 5.41) is 13.1. The summed E-state index contributed by atoms with van der Waals surface area (Å²) in [5.74, 6) is 0. The minimum Gasteiger partial charge on any atom is -0.334 e. The third-order valence-electron chi connectivity index (χ3n) is 6.18. The highest BCUT2D eigenvalue weighted by atomic mass is 16.2. The zero-order valence-corrected chi connectivity index (χ0v) is 18.0. The van der Waals surface area contributed by atoms with E-state index >= 15 is 0 Å². The van der Waals surface area contributed by atoms with Gasteiger partial charge < -0.3 is 10.6 Å². The van der Waals surface area contributed by atoms with Gasteiger partial charge >= 0.3 is 6.03 Å². The lowest BCUT2D eigenvalue weighted by atomic mass is 10.0. The van der Waals surface area contributed by atoms with E-state index in [1.807, 2.05) is 36.4 Å². The number of nitrogens with one attached hydrogen (secondary N) is 2. The molecule has 6 heteroatoms. The fraction of sp³-hybridized carbons (Fsp3) is 0.269. The molecule has 2 heterocycles. The third-order valence-corrected chi connectivity index (χ3v) is 6.18. The van der Waals surface area contributed by atoms with Crippen LogP contribution in [0.4, 0.5) is 4.79 Å². The van der Waals surface area contributed by atoms with E-state index in [1.165, 1.54) is 18.2 Å². The molecule has 1 aliphatic carbocycles. The highest BCUT2D eigenvalue weighted by Gasteiger charge is 2.22. The molecule has 0 bridgehead atoms. The van der Waals surface area contributed by atoms with Gasteiger partial charge in [0.05, 0.1) is 24.0 Å². The van der Waals surface area contributed by atoms with Crippen molar-refractivity contribution < 1.29 is 4.79 Å². The second-order valence-electron chi connectivity index (χ2n) is 8.31. The largest absolute Gasteiger partial charge is 0.334 e. The van der Waals surface area contributed by atoms with Gasteiger partial charge in [0, 0.05) is 24.5 Å². The Hall–Kier alpha value is -3.67. The number of benzene rings is 2. The Kier molecular flexibility index (Phi) is 5.83. The first kappa shape index (κ1) is 20.2. The predicted octanol–water partition coefficient (Wildman–Crippen LogP) is 5.21. The number of nitrogens with zero attached hydrogens (tertiary/aromatic N) is 3. The zero-order valence-electron chi connectivity index (χ0n) is 18.0. The molecule has 2 amide bonds. The lowest BCUT2D eigenvalue weighted by molar-refractivity contribution is 0.240. The van der Waals surface area contributed by atoms with Crippen molar-refractivity contribution in [2.75, 3.05) is 0 Å². The molecule has 1 saturated carbocycles. The number of hydrogen-bond donors (Lipinski definition) is 2. The quantitative estimate of drug-likeness (QED) is 0.445. The van der Waals surface area contributed by atoms with Crippen molar-refractivity contribution in [3.05, 3.63) is 84.3 Å². The van der Waals surface area contributed by atoms with Gasteiger partial charge in [0.15, 0.2) is 0 Å². The number of pyridine rings is 1. The third kappa shape index (κ3) is 4.35. The summed E-state index contributed by atoms with van der Waals surface area (Å²) in [6, 6.07) is 20.7. The molecule has 0 saturated heterocycles. The Morgan fingerprint density at radius 2 is 1.69 bits per heavy atom. The van der Waals surface area contributed by atoms with Gasteiger partial charge in [-0.25, -0.2) is 4.79 Å². The lowest BCUT2D eigenvalue weighted by Crippen LogP contribution is -2.34. The maximum Gasteiger partial charge on any atom is 0.315 e. The van der Waals surface area contributed by atoms with Gasteiger partial charge in [0.2, 0.25) is 0 Å². The first-order valence-electron chi connectivity index (χ1n) is 11.2. The highest BCUT2D eigenvalue weighted by Crippen LogP contribution is 2.33. The summed E-state index contributed by atoms with van der Waals surface area (Å²) in [5.41, 5.74) is 4.16. The van der Waals surface area contributed by atoms with Gasteiger partial charge in [0.25, 0.3) is 0 Å². The molecule has 6 nitrogen and oxygen atoms in total. The molecule has 2 aromatic carbocycles. The Bertz CT molecular complexity index is 1210. The van der Waals surface area contributed by atoms with Crippen LogP contribution in [0.1, 0.15) is 43.0 Å². The predicted molar refractivity (Wildman–Crippen MR) is 126 cm³/mol. The zero-order chi connectivity index (χ0) is 21.8. The molecule has 2 N–H and O–H groups in total. The molecule has 1 fully saturated rings. The standard InChI is InChI=1S/C26H27N5O/c32-26(28-17-21-8-5-7-19-6-1-4-11-24(19)21)29-18-22-16-25(20-12-14-27-15-13-20)31(30-22)23-9-2-3-10-23/h1,4-8,11-16,23H,2-3,9-10,17-18H2,(H2,28,29,32). The number of carbonyl (C=O) groups is 1. The summed E-state index contributed by atoms with van der Waals surface area (Å²) in [6.45, 7) is 0.866. The lowest BCUT2D eigenvalue weighted by Gasteiger charge is -2.14.